The number of hydrogen-bond donors (Lipinski definition) is 2. The third-order valence-corrected chi connectivity index (χ3v) is 1.68. The van der Waals surface area contributed by atoms with E-state index in [0.29, 0.717) is 0 Å². The Bertz CT molecular complexity index is 183. The Morgan fingerprint density at radius 2 is 2.00 bits per heavy atom. The summed E-state index contributed by atoms with van der Waals surface area (Å²) < 4.78 is 0. The third-order valence-electron chi connectivity index (χ3n) is 1.68. The lowest BCUT2D eigenvalue weighted by Crippen LogP contribution is -2.24. The van der Waals surface area contributed by atoms with Crippen molar-refractivity contribution in [1.29, 1.82) is 0 Å². The molecular weight excluding hydrogens is 148 g/mol. The highest BCUT2D eigenvalue weighted by Gasteiger charge is 2.34. The van der Waals surface area contributed by atoms with Crippen LogP contribution in [0.4, 0.5) is 0 Å². The summed E-state index contributed by atoms with van der Waals surface area (Å²) in [6.07, 6.45) is -0.152. The molecule has 0 amide bonds. The monoisotopic (exact) mass is 158 g/mol. The van der Waals surface area contributed by atoms with Gasteiger partial charge in [-0.25, -0.2) is 0 Å². The predicted octanol–water partition coefficient (Wildman–Crippen LogP) is -0.199. The van der Waals surface area contributed by atoms with Crippen LogP contribution in [-0.4, -0.2) is 28.1 Å². The Hall–Kier alpha value is -0.900. The molecule has 0 aromatic rings. The molecule has 0 radical (unpaired) electrons. The van der Waals surface area contributed by atoms with Crippen molar-refractivity contribution in [3.63, 3.8) is 0 Å². The lowest BCUT2D eigenvalue weighted by molar-refractivity contribution is -0.143. The normalized spacial score (nSPS) is 19.4. The molecule has 1 rings (SSSR count). The predicted molar refractivity (Wildman–Crippen MR) is 36.0 cm³/mol. The van der Waals surface area contributed by atoms with Gasteiger partial charge in [-0.2, -0.15) is 0 Å². The molecule has 0 heterocycles. The van der Waals surface area contributed by atoms with Crippen molar-refractivity contribution in [3.8, 4) is 0 Å². The summed E-state index contributed by atoms with van der Waals surface area (Å²) in [7, 11) is 0. The number of ketones is 1. The van der Waals surface area contributed by atoms with Gasteiger partial charge in [-0.1, -0.05) is 0 Å². The fourth-order valence-electron chi connectivity index (χ4n) is 0.906. The molecule has 1 aliphatic carbocycles. The lowest BCUT2D eigenvalue weighted by Gasteiger charge is -2.03. The van der Waals surface area contributed by atoms with Crippen molar-refractivity contribution in [2.45, 2.75) is 25.4 Å². The van der Waals surface area contributed by atoms with Crippen LogP contribution in [-0.2, 0) is 9.59 Å². The zero-order valence-electron chi connectivity index (χ0n) is 5.99. The molecule has 0 bridgehead atoms. The van der Waals surface area contributed by atoms with E-state index >= 15 is 0 Å². The first kappa shape index (κ1) is 8.20. The Labute approximate surface area is 63.8 Å². The first-order valence-electron chi connectivity index (χ1n) is 3.55. The maximum atomic E-state index is 10.9. The van der Waals surface area contributed by atoms with Crippen molar-refractivity contribution < 1.29 is 19.8 Å². The van der Waals surface area contributed by atoms with E-state index in [2.05, 4.69) is 0 Å². The topological polar surface area (TPSA) is 74.6 Å². The molecule has 2 N–H and O–H groups in total. The average molecular weight is 158 g/mol. The minimum atomic E-state index is -1.29. The Balaban J connectivity index is 2.33. The van der Waals surface area contributed by atoms with E-state index in [1.807, 2.05) is 0 Å². The van der Waals surface area contributed by atoms with E-state index < -0.39 is 18.5 Å². The van der Waals surface area contributed by atoms with Crippen molar-refractivity contribution in [2.24, 2.45) is 5.92 Å². The highest BCUT2D eigenvalue weighted by molar-refractivity contribution is 5.90. The summed E-state index contributed by atoms with van der Waals surface area (Å²) in [6.45, 7) is 0. The standard InChI is InChI=1S/C7H10O4/c8-5(3-6(9)10)7(11)4-1-2-4/h4-5,8H,1-3H2,(H,9,10)/t5-/m1/s1. The maximum absolute atomic E-state index is 10.9. The molecular formula is C7H10O4. The molecule has 1 saturated carbocycles. The molecule has 1 fully saturated rings. The number of aliphatic hydroxyl groups excluding tert-OH is 1. The maximum Gasteiger partial charge on any atom is 0.306 e. The Morgan fingerprint density at radius 3 is 2.36 bits per heavy atom. The van der Waals surface area contributed by atoms with Crippen LogP contribution in [0.15, 0.2) is 0 Å². The molecule has 0 aromatic heterocycles. The minimum absolute atomic E-state index is 0.0654. The van der Waals surface area contributed by atoms with Gasteiger partial charge in [0, 0.05) is 5.92 Å². The molecule has 1 atom stereocenters. The first-order valence-corrected chi connectivity index (χ1v) is 3.55. The highest BCUT2D eigenvalue weighted by Crippen LogP contribution is 2.31. The highest BCUT2D eigenvalue weighted by atomic mass is 16.4. The van der Waals surface area contributed by atoms with Gasteiger partial charge in [0.05, 0.1) is 6.42 Å². The van der Waals surface area contributed by atoms with Crippen LogP contribution in [0, 0.1) is 5.92 Å². The molecule has 62 valence electrons. The van der Waals surface area contributed by atoms with Gasteiger partial charge in [0.2, 0.25) is 0 Å². The number of carboxylic acids is 1. The van der Waals surface area contributed by atoms with E-state index in [4.69, 9.17) is 10.2 Å². The van der Waals surface area contributed by atoms with Gasteiger partial charge >= 0.3 is 5.97 Å². The molecule has 11 heavy (non-hydrogen) atoms. The van der Waals surface area contributed by atoms with Gasteiger partial charge in [-0.3, -0.25) is 9.59 Å². The number of carboxylic acid groups (broad SMARTS) is 1. The molecule has 0 saturated heterocycles. The largest absolute Gasteiger partial charge is 0.481 e. The van der Waals surface area contributed by atoms with E-state index in [9.17, 15) is 9.59 Å². The van der Waals surface area contributed by atoms with E-state index in [-0.39, 0.29) is 11.7 Å². The second-order valence-electron chi connectivity index (χ2n) is 2.79. The van der Waals surface area contributed by atoms with Gasteiger partial charge < -0.3 is 10.2 Å². The zero-order valence-corrected chi connectivity index (χ0v) is 5.99. The van der Waals surface area contributed by atoms with Crippen LogP contribution in [0.1, 0.15) is 19.3 Å². The van der Waals surface area contributed by atoms with Crippen LogP contribution in [0.3, 0.4) is 0 Å². The Kier molecular flexibility index (Phi) is 2.24. The number of aliphatic carboxylic acids is 1. The zero-order chi connectivity index (χ0) is 8.43. The second-order valence-corrected chi connectivity index (χ2v) is 2.79. The number of aliphatic hydroxyl groups is 1. The molecule has 4 nitrogen and oxygen atoms in total. The van der Waals surface area contributed by atoms with Gasteiger partial charge in [0.15, 0.2) is 5.78 Å². The van der Waals surface area contributed by atoms with Crippen LogP contribution in [0.2, 0.25) is 0 Å². The van der Waals surface area contributed by atoms with Crippen LogP contribution < -0.4 is 0 Å². The van der Waals surface area contributed by atoms with Gasteiger partial charge in [-0.05, 0) is 12.8 Å². The number of rotatable bonds is 4. The smallest absolute Gasteiger partial charge is 0.306 e. The van der Waals surface area contributed by atoms with Gasteiger partial charge in [0.25, 0.3) is 0 Å². The molecule has 1 aliphatic rings. The average Bonchev–Trinajstić information content (AvgIpc) is 2.65. The first-order chi connectivity index (χ1) is 5.11. The van der Waals surface area contributed by atoms with Gasteiger partial charge in [-0.15, -0.1) is 0 Å². The van der Waals surface area contributed by atoms with Crippen molar-refractivity contribution in [1.82, 2.24) is 0 Å². The van der Waals surface area contributed by atoms with Crippen LogP contribution >= 0.6 is 0 Å². The Morgan fingerprint density at radius 1 is 1.45 bits per heavy atom. The van der Waals surface area contributed by atoms with E-state index in [1.54, 1.807) is 0 Å². The van der Waals surface area contributed by atoms with Gasteiger partial charge in [0.1, 0.15) is 6.10 Å². The van der Waals surface area contributed by atoms with E-state index in [0.717, 1.165) is 12.8 Å². The fraction of sp³-hybridized carbons (Fsp3) is 0.714. The second kappa shape index (κ2) is 3.00. The molecule has 0 aliphatic heterocycles. The van der Waals surface area contributed by atoms with Crippen molar-refractivity contribution in [2.75, 3.05) is 0 Å². The number of Topliss-reactive ketones (excluding diaryl/α,β-unsaturated/α-hetero) is 1. The number of carbonyl (C=O) groups is 2. The summed E-state index contributed by atoms with van der Waals surface area (Å²) >= 11 is 0. The number of hydrogen-bond acceptors (Lipinski definition) is 3. The SMILES string of the molecule is O=C(O)C[C@@H](O)C(=O)C1CC1. The molecule has 4 heteroatoms. The molecule has 0 aromatic carbocycles. The lowest BCUT2D eigenvalue weighted by atomic mass is 10.1. The summed E-state index contributed by atoms with van der Waals surface area (Å²) in [5.41, 5.74) is 0. The number of carbonyl (C=O) groups excluding carboxylic acids is 1. The summed E-state index contributed by atoms with van der Waals surface area (Å²) in [6, 6.07) is 0. The summed E-state index contributed by atoms with van der Waals surface area (Å²) in [5, 5.41) is 17.2. The fourth-order valence-corrected chi connectivity index (χ4v) is 0.906. The molecule has 0 spiro atoms. The van der Waals surface area contributed by atoms with Crippen LogP contribution in [0.5, 0.6) is 0 Å². The van der Waals surface area contributed by atoms with Crippen molar-refractivity contribution >= 4 is 11.8 Å². The van der Waals surface area contributed by atoms with E-state index in [1.165, 1.54) is 0 Å². The molecule has 0 unspecified atom stereocenters. The summed E-state index contributed by atoms with van der Waals surface area (Å²) in [4.78, 5) is 21.0. The minimum Gasteiger partial charge on any atom is -0.481 e. The third kappa shape index (κ3) is 2.31. The van der Waals surface area contributed by atoms with Crippen molar-refractivity contribution in [3.05, 3.63) is 0 Å². The summed E-state index contributed by atoms with van der Waals surface area (Å²) in [5.74, 6) is -1.51. The van der Waals surface area contributed by atoms with Crippen LogP contribution in [0.25, 0.3) is 0 Å². The quantitative estimate of drug-likeness (QED) is 0.594.